The summed E-state index contributed by atoms with van der Waals surface area (Å²) in [6.45, 7) is 1.92. The summed E-state index contributed by atoms with van der Waals surface area (Å²) in [6.07, 6.45) is 0. The van der Waals surface area contributed by atoms with Crippen molar-refractivity contribution in [1.82, 2.24) is 9.55 Å². The maximum Gasteiger partial charge on any atom is 0.323 e. The van der Waals surface area contributed by atoms with Gasteiger partial charge < -0.3 is 9.67 Å². The number of aromatic nitrogens is 2. The quantitative estimate of drug-likeness (QED) is 0.792. The second-order valence-corrected chi connectivity index (χ2v) is 4.77. The summed E-state index contributed by atoms with van der Waals surface area (Å²) >= 11 is 0. The van der Waals surface area contributed by atoms with E-state index >= 15 is 0 Å². The molecule has 0 aliphatic rings. The lowest BCUT2D eigenvalue weighted by Crippen LogP contribution is -2.09. The van der Waals surface area contributed by atoms with Gasteiger partial charge >= 0.3 is 5.97 Å². The summed E-state index contributed by atoms with van der Waals surface area (Å²) in [5, 5.41) is 9.11. The zero-order valence-electron chi connectivity index (χ0n) is 11.1. The lowest BCUT2D eigenvalue weighted by molar-refractivity contribution is -0.137. The van der Waals surface area contributed by atoms with Crippen LogP contribution in [0.1, 0.15) is 5.56 Å². The molecule has 0 aliphatic carbocycles. The number of benzene rings is 2. The van der Waals surface area contributed by atoms with E-state index in [1.165, 1.54) is 0 Å². The summed E-state index contributed by atoms with van der Waals surface area (Å²) in [6, 6.07) is 15.5. The molecule has 4 nitrogen and oxygen atoms in total. The Balaban J connectivity index is 2.23. The molecule has 100 valence electrons. The average molecular weight is 266 g/mol. The smallest absolute Gasteiger partial charge is 0.323 e. The van der Waals surface area contributed by atoms with Gasteiger partial charge in [0, 0.05) is 5.56 Å². The number of carbonyl (C=O) groups is 1. The summed E-state index contributed by atoms with van der Waals surface area (Å²) < 4.78 is 1.74. The van der Waals surface area contributed by atoms with Crippen LogP contribution in [-0.4, -0.2) is 20.6 Å². The second kappa shape index (κ2) is 4.81. The van der Waals surface area contributed by atoms with Crippen molar-refractivity contribution in [2.24, 2.45) is 0 Å². The Bertz CT molecular complexity index is 773. The predicted octanol–water partition coefficient (Wildman–Crippen LogP) is 3.10. The predicted molar refractivity (Wildman–Crippen MR) is 77.5 cm³/mol. The number of hydrogen-bond donors (Lipinski definition) is 1. The van der Waals surface area contributed by atoms with E-state index in [0.717, 1.165) is 22.2 Å². The number of carboxylic acid groups (broad SMARTS) is 1. The van der Waals surface area contributed by atoms with Gasteiger partial charge in [-0.3, -0.25) is 4.79 Å². The highest BCUT2D eigenvalue weighted by Gasteiger charge is 2.14. The number of hydrogen-bond acceptors (Lipinski definition) is 2. The molecule has 0 atom stereocenters. The van der Waals surface area contributed by atoms with E-state index in [1.54, 1.807) is 4.57 Å². The maximum atomic E-state index is 11.1. The topological polar surface area (TPSA) is 55.1 Å². The van der Waals surface area contributed by atoms with Gasteiger partial charge in [-0.2, -0.15) is 0 Å². The molecule has 1 N–H and O–H groups in total. The molecule has 0 saturated carbocycles. The fourth-order valence-corrected chi connectivity index (χ4v) is 2.29. The highest BCUT2D eigenvalue weighted by molar-refractivity contribution is 5.82. The normalized spacial score (nSPS) is 10.8. The van der Waals surface area contributed by atoms with Crippen LogP contribution < -0.4 is 0 Å². The minimum atomic E-state index is -0.874. The first-order valence-electron chi connectivity index (χ1n) is 6.39. The van der Waals surface area contributed by atoms with Gasteiger partial charge in [0.1, 0.15) is 12.4 Å². The van der Waals surface area contributed by atoms with Gasteiger partial charge in [-0.15, -0.1) is 0 Å². The number of aryl methyl sites for hydroxylation is 1. The zero-order chi connectivity index (χ0) is 14.1. The van der Waals surface area contributed by atoms with Crippen LogP contribution in [0.5, 0.6) is 0 Å². The largest absolute Gasteiger partial charge is 0.480 e. The Kier molecular flexibility index (Phi) is 2.99. The summed E-state index contributed by atoms with van der Waals surface area (Å²) in [7, 11) is 0. The summed E-state index contributed by atoms with van der Waals surface area (Å²) in [5.41, 5.74) is 3.73. The third-order valence-corrected chi connectivity index (χ3v) is 3.26. The minimum Gasteiger partial charge on any atom is -0.480 e. The van der Waals surface area contributed by atoms with Crippen molar-refractivity contribution in [3.8, 4) is 11.4 Å². The van der Waals surface area contributed by atoms with E-state index in [2.05, 4.69) is 4.98 Å². The fourth-order valence-electron chi connectivity index (χ4n) is 2.29. The molecule has 0 radical (unpaired) electrons. The van der Waals surface area contributed by atoms with Crippen LogP contribution in [0, 0.1) is 6.92 Å². The monoisotopic (exact) mass is 266 g/mol. The van der Waals surface area contributed by atoms with E-state index in [9.17, 15) is 4.79 Å². The van der Waals surface area contributed by atoms with E-state index in [0.29, 0.717) is 5.82 Å². The number of imidazole rings is 1. The maximum absolute atomic E-state index is 11.1. The van der Waals surface area contributed by atoms with E-state index in [4.69, 9.17) is 5.11 Å². The summed E-state index contributed by atoms with van der Waals surface area (Å²) in [4.78, 5) is 15.7. The molecule has 20 heavy (non-hydrogen) atoms. The summed E-state index contributed by atoms with van der Waals surface area (Å²) in [5.74, 6) is -0.185. The lowest BCUT2D eigenvalue weighted by atomic mass is 10.1. The van der Waals surface area contributed by atoms with Crippen molar-refractivity contribution in [2.75, 3.05) is 0 Å². The number of nitrogens with zero attached hydrogens (tertiary/aromatic N) is 2. The van der Waals surface area contributed by atoms with Gasteiger partial charge in [0.15, 0.2) is 0 Å². The molecule has 0 saturated heterocycles. The molecule has 2 aromatic carbocycles. The average Bonchev–Trinajstić information content (AvgIpc) is 2.78. The first kappa shape index (κ1) is 12.4. The second-order valence-electron chi connectivity index (χ2n) is 4.77. The van der Waals surface area contributed by atoms with Crippen molar-refractivity contribution in [3.63, 3.8) is 0 Å². The van der Waals surface area contributed by atoms with Gasteiger partial charge in [0.2, 0.25) is 0 Å². The van der Waals surface area contributed by atoms with Crippen LogP contribution in [-0.2, 0) is 11.3 Å². The van der Waals surface area contributed by atoms with Crippen LogP contribution in [0.15, 0.2) is 48.5 Å². The molecule has 0 spiro atoms. The molecule has 0 unspecified atom stereocenters. The molecule has 0 fully saturated rings. The van der Waals surface area contributed by atoms with E-state index < -0.39 is 5.97 Å². The third-order valence-electron chi connectivity index (χ3n) is 3.26. The van der Waals surface area contributed by atoms with E-state index in [-0.39, 0.29) is 6.54 Å². The molecule has 0 aliphatic heterocycles. The van der Waals surface area contributed by atoms with Crippen LogP contribution in [0.4, 0.5) is 0 Å². The van der Waals surface area contributed by atoms with Crippen molar-refractivity contribution in [2.45, 2.75) is 13.5 Å². The third kappa shape index (κ3) is 2.16. The highest BCUT2D eigenvalue weighted by atomic mass is 16.4. The molecule has 3 rings (SSSR count). The fraction of sp³-hybridized carbons (Fsp3) is 0.125. The number of para-hydroxylation sites is 2. The molecular formula is C16H14N2O2. The number of aliphatic carboxylic acids is 1. The van der Waals surface area contributed by atoms with Crippen molar-refractivity contribution in [1.29, 1.82) is 0 Å². The Morgan fingerprint density at radius 2 is 1.85 bits per heavy atom. The van der Waals surface area contributed by atoms with Gasteiger partial charge in [-0.05, 0) is 19.1 Å². The number of rotatable bonds is 3. The minimum absolute atomic E-state index is 0.0935. The van der Waals surface area contributed by atoms with Crippen LogP contribution >= 0.6 is 0 Å². The van der Waals surface area contributed by atoms with Gasteiger partial charge in [0.05, 0.1) is 11.0 Å². The Hall–Kier alpha value is -2.62. The van der Waals surface area contributed by atoms with E-state index in [1.807, 2.05) is 55.5 Å². The molecule has 4 heteroatoms. The standard InChI is InChI=1S/C16H14N2O2/c1-11-6-8-12(9-7-11)16-17-13-4-2-3-5-14(13)18(16)10-15(19)20/h2-9H,10H2,1H3,(H,19,20). The van der Waals surface area contributed by atoms with Gasteiger partial charge in [-0.25, -0.2) is 4.98 Å². The first-order valence-corrected chi connectivity index (χ1v) is 6.39. The number of carboxylic acids is 1. The van der Waals surface area contributed by atoms with Crippen molar-refractivity contribution >= 4 is 17.0 Å². The van der Waals surface area contributed by atoms with Crippen LogP contribution in [0.3, 0.4) is 0 Å². The van der Waals surface area contributed by atoms with Crippen molar-refractivity contribution in [3.05, 3.63) is 54.1 Å². The highest BCUT2D eigenvalue weighted by Crippen LogP contribution is 2.24. The molecule has 0 amide bonds. The first-order chi connectivity index (χ1) is 9.65. The molecule has 0 bridgehead atoms. The Morgan fingerprint density at radius 3 is 2.55 bits per heavy atom. The molecule has 1 heterocycles. The van der Waals surface area contributed by atoms with Crippen molar-refractivity contribution < 1.29 is 9.90 Å². The van der Waals surface area contributed by atoms with Crippen LogP contribution in [0.25, 0.3) is 22.4 Å². The lowest BCUT2D eigenvalue weighted by Gasteiger charge is -2.06. The van der Waals surface area contributed by atoms with Gasteiger partial charge in [-0.1, -0.05) is 42.0 Å². The Labute approximate surface area is 116 Å². The molecule has 3 aromatic rings. The van der Waals surface area contributed by atoms with Crippen LogP contribution in [0.2, 0.25) is 0 Å². The van der Waals surface area contributed by atoms with Gasteiger partial charge in [0.25, 0.3) is 0 Å². The SMILES string of the molecule is Cc1ccc(-c2nc3ccccc3n2CC(=O)O)cc1. The number of fused-ring (bicyclic) bond motifs is 1. The zero-order valence-corrected chi connectivity index (χ0v) is 11.1. The Morgan fingerprint density at radius 1 is 1.15 bits per heavy atom. The molecule has 1 aromatic heterocycles. The molecular weight excluding hydrogens is 252 g/mol.